The molecule has 3 aromatic heterocycles. The van der Waals surface area contributed by atoms with Crippen molar-refractivity contribution in [3.05, 3.63) is 69.4 Å². The second-order valence-corrected chi connectivity index (χ2v) is 8.74. The van der Waals surface area contributed by atoms with Crippen molar-refractivity contribution in [1.29, 1.82) is 0 Å². The van der Waals surface area contributed by atoms with Crippen LogP contribution in [-0.4, -0.2) is 43.6 Å². The summed E-state index contributed by atoms with van der Waals surface area (Å²) in [6, 6.07) is 11.6. The molecule has 8 nitrogen and oxygen atoms in total. The van der Waals surface area contributed by atoms with Crippen molar-refractivity contribution in [3.63, 3.8) is 0 Å². The molecule has 1 aliphatic rings. The van der Waals surface area contributed by atoms with Crippen LogP contribution in [0, 0.1) is 6.92 Å². The summed E-state index contributed by atoms with van der Waals surface area (Å²) in [6.45, 7) is 3.71. The van der Waals surface area contributed by atoms with Gasteiger partial charge in [0.1, 0.15) is 5.52 Å². The minimum absolute atomic E-state index is 0.205. The summed E-state index contributed by atoms with van der Waals surface area (Å²) < 4.78 is 8.91. The summed E-state index contributed by atoms with van der Waals surface area (Å²) >= 11 is 6.51. The maximum Gasteiger partial charge on any atom is 0.278 e. The number of fused-ring (bicyclic) bond motifs is 1. The van der Waals surface area contributed by atoms with Gasteiger partial charge in [0.25, 0.3) is 5.56 Å². The third-order valence-electron chi connectivity index (χ3n) is 6.04. The van der Waals surface area contributed by atoms with Crippen molar-refractivity contribution >= 4 is 28.5 Å². The van der Waals surface area contributed by atoms with Gasteiger partial charge in [-0.1, -0.05) is 29.8 Å². The van der Waals surface area contributed by atoms with E-state index in [1.54, 1.807) is 15.4 Å². The number of ether oxygens (including phenoxy) is 1. The molecular weight excluding hydrogens is 440 g/mol. The highest BCUT2D eigenvalue weighted by atomic mass is 35.5. The van der Waals surface area contributed by atoms with Crippen LogP contribution in [0.3, 0.4) is 0 Å². The van der Waals surface area contributed by atoms with Crippen LogP contribution in [0.1, 0.15) is 24.2 Å². The van der Waals surface area contributed by atoms with Gasteiger partial charge in [0.15, 0.2) is 0 Å². The molecular formula is C24H25ClN6O2. The fourth-order valence-electron chi connectivity index (χ4n) is 4.15. The second kappa shape index (κ2) is 8.96. The van der Waals surface area contributed by atoms with E-state index in [0.29, 0.717) is 47.3 Å². The van der Waals surface area contributed by atoms with Gasteiger partial charge in [-0.2, -0.15) is 5.10 Å². The topological polar surface area (TPSA) is 86.9 Å². The zero-order chi connectivity index (χ0) is 22.9. The van der Waals surface area contributed by atoms with E-state index in [1.807, 2.05) is 50.4 Å². The quantitative estimate of drug-likeness (QED) is 0.483. The zero-order valence-electron chi connectivity index (χ0n) is 18.6. The van der Waals surface area contributed by atoms with Crippen molar-refractivity contribution in [2.24, 2.45) is 7.05 Å². The lowest BCUT2D eigenvalue weighted by atomic mass is 10.1. The highest BCUT2D eigenvalue weighted by Crippen LogP contribution is 2.29. The summed E-state index contributed by atoms with van der Waals surface area (Å²) in [5.41, 5.74) is 3.44. The maximum absolute atomic E-state index is 13.7. The summed E-state index contributed by atoms with van der Waals surface area (Å²) in [4.78, 5) is 22.8. The van der Waals surface area contributed by atoms with Crippen molar-refractivity contribution in [2.75, 3.05) is 18.5 Å². The largest absolute Gasteiger partial charge is 0.381 e. The Kier molecular flexibility index (Phi) is 5.86. The number of anilines is 1. The number of hydrogen-bond donors (Lipinski definition) is 1. The fourth-order valence-corrected chi connectivity index (χ4v) is 4.38. The van der Waals surface area contributed by atoms with Gasteiger partial charge in [-0.15, -0.1) is 0 Å². The standard InChI is InChI=1S/C24H25ClN6O2/c1-15-11-18(29-30(15)2)14-31-21(19-5-3-4-6-20(19)25)12-16-13-26-24(28-22(16)23(31)32)27-17-7-9-33-10-8-17/h3-6,11-13,17H,7-10,14H2,1-2H3,(H,26,27,28). The van der Waals surface area contributed by atoms with Crippen LogP contribution in [0.5, 0.6) is 0 Å². The molecule has 1 saturated heterocycles. The van der Waals surface area contributed by atoms with E-state index in [0.717, 1.165) is 29.8 Å². The molecule has 1 fully saturated rings. The fraction of sp³-hybridized carbons (Fsp3) is 0.333. The Morgan fingerprint density at radius 3 is 2.73 bits per heavy atom. The van der Waals surface area contributed by atoms with Gasteiger partial charge in [-0.3, -0.25) is 9.48 Å². The number of aromatic nitrogens is 5. The minimum atomic E-state index is -0.205. The Hall–Kier alpha value is -3.23. The van der Waals surface area contributed by atoms with Crippen molar-refractivity contribution in [2.45, 2.75) is 32.4 Å². The molecule has 0 bridgehead atoms. The number of halogens is 1. The van der Waals surface area contributed by atoms with Crippen LogP contribution >= 0.6 is 11.6 Å². The van der Waals surface area contributed by atoms with Gasteiger partial charge < -0.3 is 14.6 Å². The lowest BCUT2D eigenvalue weighted by Gasteiger charge is -2.23. The normalized spacial score (nSPS) is 14.6. The van der Waals surface area contributed by atoms with Crippen molar-refractivity contribution < 1.29 is 4.74 Å². The number of rotatable bonds is 5. The average molecular weight is 465 g/mol. The van der Waals surface area contributed by atoms with Crippen LogP contribution < -0.4 is 10.9 Å². The molecule has 0 atom stereocenters. The van der Waals surface area contributed by atoms with Crippen molar-refractivity contribution in [1.82, 2.24) is 24.3 Å². The second-order valence-electron chi connectivity index (χ2n) is 8.33. The van der Waals surface area contributed by atoms with E-state index >= 15 is 0 Å². The SMILES string of the molecule is Cc1cc(Cn2c(-c3ccccc3Cl)cc3cnc(NC4CCOCC4)nc3c2=O)nn1C. The van der Waals surface area contributed by atoms with Crippen LogP contribution in [-0.2, 0) is 18.3 Å². The van der Waals surface area contributed by atoms with E-state index in [4.69, 9.17) is 16.3 Å². The first-order valence-electron chi connectivity index (χ1n) is 11.0. The molecule has 0 aliphatic carbocycles. The molecule has 0 unspecified atom stereocenters. The number of hydrogen-bond acceptors (Lipinski definition) is 6. The first kappa shape index (κ1) is 21.6. The Morgan fingerprint density at radius 2 is 2.00 bits per heavy atom. The summed E-state index contributed by atoms with van der Waals surface area (Å²) in [6.07, 6.45) is 3.47. The Morgan fingerprint density at radius 1 is 1.21 bits per heavy atom. The monoisotopic (exact) mass is 464 g/mol. The van der Waals surface area contributed by atoms with Crippen LogP contribution in [0.25, 0.3) is 22.2 Å². The number of benzene rings is 1. The van der Waals surface area contributed by atoms with Gasteiger partial charge in [0, 0.05) is 54.2 Å². The molecule has 5 rings (SSSR count). The lowest BCUT2D eigenvalue weighted by Crippen LogP contribution is -2.29. The van der Waals surface area contributed by atoms with Crippen LogP contribution in [0.4, 0.5) is 5.95 Å². The number of nitrogens with zero attached hydrogens (tertiary/aromatic N) is 5. The molecule has 0 amide bonds. The Labute approximate surface area is 196 Å². The highest BCUT2D eigenvalue weighted by Gasteiger charge is 2.18. The number of aryl methyl sites for hydroxylation is 2. The molecule has 170 valence electrons. The molecule has 1 N–H and O–H groups in total. The highest BCUT2D eigenvalue weighted by molar-refractivity contribution is 6.33. The van der Waals surface area contributed by atoms with E-state index in [1.165, 1.54) is 0 Å². The molecule has 0 saturated carbocycles. The lowest BCUT2D eigenvalue weighted by molar-refractivity contribution is 0.0903. The molecule has 1 aliphatic heterocycles. The van der Waals surface area contributed by atoms with Crippen LogP contribution in [0.15, 0.2) is 47.4 Å². The third-order valence-corrected chi connectivity index (χ3v) is 6.37. The molecule has 0 spiro atoms. The molecule has 0 radical (unpaired) electrons. The van der Waals surface area contributed by atoms with E-state index in [2.05, 4.69) is 20.4 Å². The van der Waals surface area contributed by atoms with Gasteiger partial charge in [-0.25, -0.2) is 9.97 Å². The Bertz CT molecular complexity index is 1350. The zero-order valence-corrected chi connectivity index (χ0v) is 19.3. The molecule has 33 heavy (non-hydrogen) atoms. The third kappa shape index (κ3) is 4.36. The van der Waals surface area contributed by atoms with E-state index in [-0.39, 0.29) is 11.6 Å². The molecule has 4 heterocycles. The molecule has 1 aromatic carbocycles. The maximum atomic E-state index is 13.7. The Balaban J connectivity index is 1.63. The van der Waals surface area contributed by atoms with Gasteiger partial charge in [0.2, 0.25) is 5.95 Å². The predicted molar refractivity (Wildman–Crippen MR) is 129 cm³/mol. The number of nitrogens with one attached hydrogen (secondary N) is 1. The van der Waals surface area contributed by atoms with Gasteiger partial charge in [-0.05, 0) is 38.0 Å². The average Bonchev–Trinajstić information content (AvgIpc) is 3.14. The molecule has 4 aromatic rings. The minimum Gasteiger partial charge on any atom is -0.381 e. The predicted octanol–water partition coefficient (Wildman–Crippen LogP) is 3.79. The van der Waals surface area contributed by atoms with Crippen LogP contribution in [0.2, 0.25) is 5.02 Å². The summed E-state index contributed by atoms with van der Waals surface area (Å²) in [5, 5.41) is 9.13. The van der Waals surface area contributed by atoms with Crippen molar-refractivity contribution in [3.8, 4) is 11.3 Å². The summed E-state index contributed by atoms with van der Waals surface area (Å²) in [7, 11) is 1.89. The van der Waals surface area contributed by atoms with E-state index in [9.17, 15) is 4.79 Å². The van der Waals surface area contributed by atoms with Gasteiger partial charge >= 0.3 is 0 Å². The molecule has 9 heteroatoms. The van der Waals surface area contributed by atoms with Gasteiger partial charge in [0.05, 0.1) is 17.9 Å². The first-order valence-corrected chi connectivity index (χ1v) is 11.4. The smallest absolute Gasteiger partial charge is 0.278 e. The summed E-state index contributed by atoms with van der Waals surface area (Å²) in [5.74, 6) is 0.456. The first-order chi connectivity index (χ1) is 16.0. The van der Waals surface area contributed by atoms with E-state index < -0.39 is 0 Å². The number of pyridine rings is 1.